The summed E-state index contributed by atoms with van der Waals surface area (Å²) in [6.07, 6.45) is 2.86. The van der Waals surface area contributed by atoms with Crippen molar-refractivity contribution in [1.29, 1.82) is 5.26 Å². The summed E-state index contributed by atoms with van der Waals surface area (Å²) < 4.78 is 1.59. The zero-order chi connectivity index (χ0) is 18.9. The van der Waals surface area contributed by atoms with Crippen LogP contribution in [0.3, 0.4) is 0 Å². The van der Waals surface area contributed by atoms with Crippen LogP contribution >= 0.6 is 0 Å². The van der Waals surface area contributed by atoms with Gasteiger partial charge in [0, 0.05) is 11.9 Å². The number of aromatic nitrogens is 2. The predicted octanol–water partition coefficient (Wildman–Crippen LogP) is 4.41. The first-order valence-electron chi connectivity index (χ1n) is 8.22. The molecule has 0 bridgehead atoms. The Kier molecular flexibility index (Phi) is 4.35. The minimum Gasteiger partial charge on any atom is -0.476 e. The van der Waals surface area contributed by atoms with Crippen LogP contribution < -0.4 is 0 Å². The molecule has 2 aromatic carbocycles. The van der Waals surface area contributed by atoms with Gasteiger partial charge in [-0.2, -0.15) is 5.26 Å². The van der Waals surface area contributed by atoms with E-state index >= 15 is 0 Å². The van der Waals surface area contributed by atoms with E-state index in [1.165, 1.54) is 18.1 Å². The molecule has 0 aliphatic carbocycles. The van der Waals surface area contributed by atoms with Gasteiger partial charge in [0.1, 0.15) is 6.33 Å². The van der Waals surface area contributed by atoms with Crippen LogP contribution in [0, 0.1) is 11.3 Å². The lowest BCUT2D eigenvalue weighted by Gasteiger charge is -2.19. The van der Waals surface area contributed by atoms with Crippen molar-refractivity contribution in [2.75, 3.05) is 0 Å². The summed E-state index contributed by atoms with van der Waals surface area (Å²) in [6, 6.07) is 15.9. The van der Waals surface area contributed by atoms with Crippen LogP contribution in [0.5, 0.6) is 0 Å². The van der Waals surface area contributed by atoms with Gasteiger partial charge in [0.2, 0.25) is 0 Å². The Morgan fingerprint density at radius 1 is 1.15 bits per heavy atom. The molecular weight excluding hydrogens is 326 g/mol. The molecule has 0 atom stereocenters. The number of aromatic carboxylic acids is 1. The first-order chi connectivity index (χ1) is 12.3. The lowest BCUT2D eigenvalue weighted by Crippen LogP contribution is -2.10. The third kappa shape index (κ3) is 3.35. The second-order valence-corrected chi connectivity index (χ2v) is 7.14. The van der Waals surface area contributed by atoms with Gasteiger partial charge in [-0.1, -0.05) is 51.1 Å². The van der Waals surface area contributed by atoms with E-state index in [0.717, 1.165) is 11.1 Å². The summed E-state index contributed by atoms with van der Waals surface area (Å²) in [5.74, 6) is -1.08. The highest BCUT2D eigenvalue weighted by Gasteiger charge is 2.14. The Labute approximate surface area is 152 Å². The van der Waals surface area contributed by atoms with Crippen LogP contribution in [0.25, 0.3) is 16.8 Å². The van der Waals surface area contributed by atoms with Crippen molar-refractivity contribution in [1.82, 2.24) is 9.55 Å². The standard InChI is InChI=1S/C21H19N3O2/c1-21(2,3)16-6-4-14(5-7-16)18-9-8-17(10-15(18)11-22)24-12-19(20(25)26)23-13-24/h4-10,12-13H,1-3H3,(H,25,26). The number of nitriles is 1. The average Bonchev–Trinajstić information content (AvgIpc) is 3.11. The molecule has 130 valence electrons. The maximum atomic E-state index is 11.0. The second kappa shape index (κ2) is 6.49. The van der Waals surface area contributed by atoms with Gasteiger partial charge in [-0.05, 0) is 34.2 Å². The molecule has 0 saturated heterocycles. The number of nitrogens with zero attached hydrogens (tertiary/aromatic N) is 3. The summed E-state index contributed by atoms with van der Waals surface area (Å²) in [5, 5.41) is 18.5. The fraction of sp³-hybridized carbons (Fsp3) is 0.190. The van der Waals surface area contributed by atoms with Crippen molar-refractivity contribution in [3.05, 3.63) is 71.8 Å². The van der Waals surface area contributed by atoms with Crippen molar-refractivity contribution in [3.63, 3.8) is 0 Å². The average molecular weight is 345 g/mol. The minimum atomic E-state index is -1.08. The number of carboxylic acids is 1. The maximum absolute atomic E-state index is 11.0. The number of benzene rings is 2. The molecule has 1 heterocycles. The molecule has 1 N–H and O–H groups in total. The number of hydrogen-bond acceptors (Lipinski definition) is 3. The Bertz CT molecular complexity index is 1000. The van der Waals surface area contributed by atoms with Crippen LogP contribution in [-0.4, -0.2) is 20.6 Å². The van der Waals surface area contributed by atoms with Crippen LogP contribution in [0.1, 0.15) is 42.4 Å². The van der Waals surface area contributed by atoms with Crippen molar-refractivity contribution < 1.29 is 9.90 Å². The van der Waals surface area contributed by atoms with Gasteiger partial charge in [-0.3, -0.25) is 0 Å². The summed E-state index contributed by atoms with van der Waals surface area (Å²) in [4.78, 5) is 14.8. The van der Waals surface area contributed by atoms with E-state index in [1.54, 1.807) is 10.6 Å². The van der Waals surface area contributed by atoms with Gasteiger partial charge < -0.3 is 9.67 Å². The minimum absolute atomic E-state index is 0.0367. The first kappa shape index (κ1) is 17.4. The molecule has 0 saturated carbocycles. The first-order valence-corrected chi connectivity index (χ1v) is 8.22. The number of rotatable bonds is 3. The molecule has 0 unspecified atom stereocenters. The summed E-state index contributed by atoms with van der Waals surface area (Å²) >= 11 is 0. The van der Waals surface area contributed by atoms with Crippen LogP contribution in [0.15, 0.2) is 55.0 Å². The SMILES string of the molecule is CC(C)(C)c1ccc(-c2ccc(-n3cnc(C(=O)O)c3)cc2C#N)cc1. The molecule has 0 radical (unpaired) electrons. The molecular formula is C21H19N3O2. The number of imidazole rings is 1. The highest BCUT2D eigenvalue weighted by Crippen LogP contribution is 2.29. The molecule has 5 heteroatoms. The largest absolute Gasteiger partial charge is 0.476 e. The third-order valence-electron chi connectivity index (χ3n) is 4.29. The van der Waals surface area contributed by atoms with E-state index in [-0.39, 0.29) is 11.1 Å². The molecule has 0 fully saturated rings. The fourth-order valence-electron chi connectivity index (χ4n) is 2.76. The van der Waals surface area contributed by atoms with Gasteiger partial charge in [-0.15, -0.1) is 0 Å². The predicted molar refractivity (Wildman–Crippen MR) is 99.4 cm³/mol. The molecule has 0 aliphatic rings. The van der Waals surface area contributed by atoms with Crippen molar-refractivity contribution >= 4 is 5.97 Å². The lowest BCUT2D eigenvalue weighted by molar-refractivity contribution is 0.0691. The van der Waals surface area contributed by atoms with Crippen molar-refractivity contribution in [3.8, 4) is 22.9 Å². The van der Waals surface area contributed by atoms with E-state index in [9.17, 15) is 10.1 Å². The molecule has 0 aliphatic heterocycles. The third-order valence-corrected chi connectivity index (χ3v) is 4.29. The molecule has 3 aromatic rings. The highest BCUT2D eigenvalue weighted by atomic mass is 16.4. The second-order valence-electron chi connectivity index (χ2n) is 7.14. The van der Waals surface area contributed by atoms with E-state index in [0.29, 0.717) is 11.3 Å². The Morgan fingerprint density at radius 2 is 1.85 bits per heavy atom. The molecule has 5 nitrogen and oxygen atoms in total. The molecule has 26 heavy (non-hydrogen) atoms. The summed E-state index contributed by atoms with van der Waals surface area (Å²) in [7, 11) is 0. The number of carbonyl (C=O) groups is 1. The van der Waals surface area contributed by atoms with Crippen LogP contribution in [0.4, 0.5) is 0 Å². The van der Waals surface area contributed by atoms with Gasteiger partial charge in [0.25, 0.3) is 0 Å². The topological polar surface area (TPSA) is 78.9 Å². The smallest absolute Gasteiger partial charge is 0.356 e. The molecule has 1 aromatic heterocycles. The lowest BCUT2D eigenvalue weighted by atomic mass is 9.86. The fourth-order valence-corrected chi connectivity index (χ4v) is 2.76. The van der Waals surface area contributed by atoms with Crippen molar-refractivity contribution in [2.24, 2.45) is 0 Å². The Hall–Kier alpha value is -3.39. The quantitative estimate of drug-likeness (QED) is 0.763. The van der Waals surface area contributed by atoms with Crippen LogP contribution in [0.2, 0.25) is 0 Å². The van der Waals surface area contributed by atoms with E-state index in [1.807, 2.05) is 24.3 Å². The monoisotopic (exact) mass is 345 g/mol. The van der Waals surface area contributed by atoms with Crippen molar-refractivity contribution in [2.45, 2.75) is 26.2 Å². The molecule has 0 amide bonds. The normalized spacial score (nSPS) is 11.2. The van der Waals surface area contributed by atoms with Gasteiger partial charge in [0.05, 0.1) is 11.6 Å². The van der Waals surface area contributed by atoms with E-state index in [2.05, 4.69) is 44.0 Å². The molecule has 0 spiro atoms. The van der Waals surface area contributed by atoms with E-state index < -0.39 is 5.97 Å². The van der Waals surface area contributed by atoms with Crippen LogP contribution in [-0.2, 0) is 5.41 Å². The van der Waals surface area contributed by atoms with Gasteiger partial charge >= 0.3 is 5.97 Å². The number of hydrogen-bond donors (Lipinski definition) is 1. The maximum Gasteiger partial charge on any atom is 0.356 e. The zero-order valence-electron chi connectivity index (χ0n) is 14.9. The number of carboxylic acid groups (broad SMARTS) is 1. The molecule has 3 rings (SSSR count). The summed E-state index contributed by atoms with van der Waals surface area (Å²) in [6.45, 7) is 6.48. The van der Waals surface area contributed by atoms with Gasteiger partial charge in [0.15, 0.2) is 5.69 Å². The Morgan fingerprint density at radius 3 is 2.38 bits per heavy atom. The highest BCUT2D eigenvalue weighted by molar-refractivity contribution is 5.85. The van der Waals surface area contributed by atoms with Gasteiger partial charge in [-0.25, -0.2) is 9.78 Å². The Balaban J connectivity index is 1.99. The van der Waals surface area contributed by atoms with E-state index in [4.69, 9.17) is 5.11 Å². The summed E-state index contributed by atoms with van der Waals surface area (Å²) in [5.41, 5.74) is 4.30. The zero-order valence-corrected chi connectivity index (χ0v) is 14.9.